The summed E-state index contributed by atoms with van der Waals surface area (Å²) in [4.78, 5) is 14.1. The number of para-hydroxylation sites is 1. The van der Waals surface area contributed by atoms with Crippen molar-refractivity contribution >= 4 is 11.6 Å². The van der Waals surface area contributed by atoms with Crippen LogP contribution in [0.2, 0.25) is 0 Å². The molecule has 0 heterocycles. The van der Waals surface area contributed by atoms with Crippen LogP contribution in [0.5, 0.6) is 5.75 Å². The molecule has 0 unspecified atom stereocenters. The Morgan fingerprint density at radius 1 is 1.05 bits per heavy atom. The molecule has 19 heavy (non-hydrogen) atoms. The summed E-state index contributed by atoms with van der Waals surface area (Å²) < 4.78 is 5.25. The molecule has 2 rings (SSSR count). The Bertz CT molecular complexity index is 579. The second kappa shape index (κ2) is 5.57. The van der Waals surface area contributed by atoms with Gasteiger partial charge in [-0.3, -0.25) is 4.79 Å². The second-order valence-corrected chi connectivity index (χ2v) is 4.33. The molecule has 0 radical (unpaired) electrons. The highest BCUT2D eigenvalue weighted by atomic mass is 16.5. The van der Waals surface area contributed by atoms with Crippen LogP contribution in [0.4, 0.5) is 5.69 Å². The van der Waals surface area contributed by atoms with Gasteiger partial charge in [0.15, 0.2) is 0 Å². The van der Waals surface area contributed by atoms with Gasteiger partial charge in [0.1, 0.15) is 5.75 Å². The number of carbonyl (C=O) groups is 1. The number of hydrogen-bond donors (Lipinski definition) is 0. The van der Waals surface area contributed by atoms with Crippen LogP contribution in [0.3, 0.4) is 0 Å². The molecular formula is C16H17NO2. The number of amides is 1. The van der Waals surface area contributed by atoms with E-state index in [9.17, 15) is 4.79 Å². The van der Waals surface area contributed by atoms with Crippen LogP contribution in [-0.4, -0.2) is 20.1 Å². The molecule has 2 aromatic rings. The van der Waals surface area contributed by atoms with Gasteiger partial charge >= 0.3 is 0 Å². The molecule has 0 N–H and O–H groups in total. The average molecular weight is 255 g/mol. The fourth-order valence-corrected chi connectivity index (χ4v) is 2.02. The van der Waals surface area contributed by atoms with Gasteiger partial charge in [-0.25, -0.2) is 0 Å². The molecule has 0 spiro atoms. The minimum atomic E-state index is -0.0393. The van der Waals surface area contributed by atoms with E-state index >= 15 is 0 Å². The number of methoxy groups -OCH3 is 1. The van der Waals surface area contributed by atoms with Crippen molar-refractivity contribution in [3.8, 4) is 5.75 Å². The molecular weight excluding hydrogens is 238 g/mol. The monoisotopic (exact) mass is 255 g/mol. The predicted molar refractivity (Wildman–Crippen MR) is 76.9 cm³/mol. The zero-order valence-electron chi connectivity index (χ0n) is 11.4. The number of benzene rings is 2. The van der Waals surface area contributed by atoms with E-state index in [0.29, 0.717) is 5.56 Å². The summed E-state index contributed by atoms with van der Waals surface area (Å²) in [5, 5.41) is 0. The maximum Gasteiger partial charge on any atom is 0.258 e. The van der Waals surface area contributed by atoms with Crippen molar-refractivity contribution < 1.29 is 9.53 Å². The first-order valence-corrected chi connectivity index (χ1v) is 6.12. The van der Waals surface area contributed by atoms with E-state index in [1.54, 1.807) is 19.1 Å². The van der Waals surface area contributed by atoms with Crippen LogP contribution in [0.1, 0.15) is 15.9 Å². The summed E-state index contributed by atoms with van der Waals surface area (Å²) in [6.45, 7) is 1.89. The van der Waals surface area contributed by atoms with Gasteiger partial charge in [0.25, 0.3) is 5.91 Å². The first kappa shape index (κ1) is 13.1. The smallest absolute Gasteiger partial charge is 0.258 e. The molecule has 0 bridgehead atoms. The second-order valence-electron chi connectivity index (χ2n) is 4.33. The van der Waals surface area contributed by atoms with Gasteiger partial charge in [0.2, 0.25) is 0 Å². The third-order valence-electron chi connectivity index (χ3n) is 3.18. The Balaban J connectivity index is 2.35. The van der Waals surface area contributed by atoms with Crippen molar-refractivity contribution in [3.05, 3.63) is 59.7 Å². The minimum Gasteiger partial charge on any atom is -0.496 e. The van der Waals surface area contributed by atoms with E-state index in [1.807, 2.05) is 55.5 Å². The molecule has 0 aliphatic rings. The van der Waals surface area contributed by atoms with E-state index in [-0.39, 0.29) is 5.91 Å². The number of nitrogens with zero attached hydrogens (tertiary/aromatic N) is 1. The lowest BCUT2D eigenvalue weighted by Gasteiger charge is -2.19. The minimum absolute atomic E-state index is 0.0393. The van der Waals surface area contributed by atoms with Crippen molar-refractivity contribution in [2.75, 3.05) is 19.1 Å². The summed E-state index contributed by atoms with van der Waals surface area (Å²) >= 11 is 0. The summed E-state index contributed by atoms with van der Waals surface area (Å²) in [5.74, 6) is 0.690. The van der Waals surface area contributed by atoms with E-state index < -0.39 is 0 Å². The Hall–Kier alpha value is -2.29. The first-order valence-electron chi connectivity index (χ1n) is 6.12. The molecule has 0 atom stereocenters. The van der Waals surface area contributed by atoms with Crippen molar-refractivity contribution in [3.63, 3.8) is 0 Å². The van der Waals surface area contributed by atoms with Crippen molar-refractivity contribution in [1.82, 2.24) is 0 Å². The Kier molecular flexibility index (Phi) is 3.85. The van der Waals surface area contributed by atoms with Crippen LogP contribution in [-0.2, 0) is 0 Å². The fraction of sp³-hybridized carbons (Fsp3) is 0.188. The molecule has 2 aromatic carbocycles. The van der Waals surface area contributed by atoms with Gasteiger partial charge < -0.3 is 9.64 Å². The lowest BCUT2D eigenvalue weighted by atomic mass is 10.1. The highest BCUT2D eigenvalue weighted by Crippen LogP contribution is 2.23. The van der Waals surface area contributed by atoms with Crippen molar-refractivity contribution in [1.29, 1.82) is 0 Å². The molecule has 0 aliphatic carbocycles. The van der Waals surface area contributed by atoms with E-state index in [2.05, 4.69) is 0 Å². The van der Waals surface area contributed by atoms with E-state index in [4.69, 9.17) is 4.74 Å². The molecule has 3 heteroatoms. The maximum absolute atomic E-state index is 12.5. The summed E-state index contributed by atoms with van der Waals surface area (Å²) in [7, 11) is 3.38. The largest absolute Gasteiger partial charge is 0.496 e. The van der Waals surface area contributed by atoms with Gasteiger partial charge in [-0.05, 0) is 31.2 Å². The number of ether oxygens (including phenoxy) is 1. The van der Waals surface area contributed by atoms with Gasteiger partial charge in [-0.15, -0.1) is 0 Å². The fourth-order valence-electron chi connectivity index (χ4n) is 2.02. The van der Waals surface area contributed by atoms with Crippen LogP contribution in [0.25, 0.3) is 0 Å². The summed E-state index contributed by atoms with van der Waals surface area (Å²) in [6, 6.07) is 15.1. The van der Waals surface area contributed by atoms with Gasteiger partial charge in [-0.1, -0.05) is 24.3 Å². The number of anilines is 1. The van der Waals surface area contributed by atoms with Gasteiger partial charge in [-0.2, -0.15) is 0 Å². The SMILES string of the molecule is COc1cccc(C(=O)N(C)c2ccccc2)c1C. The standard InChI is InChI=1S/C16H17NO2/c1-12-14(10-7-11-15(12)19-3)16(18)17(2)13-8-5-4-6-9-13/h4-11H,1-3H3. The molecule has 1 amide bonds. The normalized spacial score (nSPS) is 10.1. The lowest BCUT2D eigenvalue weighted by molar-refractivity contribution is 0.0992. The zero-order chi connectivity index (χ0) is 13.8. The zero-order valence-corrected chi connectivity index (χ0v) is 11.4. The van der Waals surface area contributed by atoms with Crippen LogP contribution in [0.15, 0.2) is 48.5 Å². The van der Waals surface area contributed by atoms with Crippen LogP contribution < -0.4 is 9.64 Å². The van der Waals surface area contributed by atoms with Gasteiger partial charge in [0, 0.05) is 23.9 Å². The predicted octanol–water partition coefficient (Wildman–Crippen LogP) is 3.28. The molecule has 0 fully saturated rings. The van der Waals surface area contributed by atoms with E-state index in [1.165, 1.54) is 0 Å². The Morgan fingerprint density at radius 3 is 2.37 bits per heavy atom. The lowest BCUT2D eigenvalue weighted by Crippen LogP contribution is -2.26. The highest BCUT2D eigenvalue weighted by molar-refractivity contribution is 6.07. The highest BCUT2D eigenvalue weighted by Gasteiger charge is 2.17. The van der Waals surface area contributed by atoms with Crippen LogP contribution in [0, 0.1) is 6.92 Å². The first-order chi connectivity index (χ1) is 9.15. The Labute approximate surface area is 113 Å². The van der Waals surface area contributed by atoms with Crippen LogP contribution >= 0.6 is 0 Å². The summed E-state index contributed by atoms with van der Waals surface area (Å²) in [6.07, 6.45) is 0. The quantitative estimate of drug-likeness (QED) is 0.842. The van der Waals surface area contributed by atoms with E-state index in [0.717, 1.165) is 17.0 Å². The number of carbonyl (C=O) groups excluding carboxylic acids is 1. The topological polar surface area (TPSA) is 29.5 Å². The molecule has 3 nitrogen and oxygen atoms in total. The van der Waals surface area contributed by atoms with Crippen molar-refractivity contribution in [2.24, 2.45) is 0 Å². The molecule has 0 aliphatic heterocycles. The molecule has 0 saturated heterocycles. The molecule has 98 valence electrons. The molecule has 0 aromatic heterocycles. The van der Waals surface area contributed by atoms with Crippen molar-refractivity contribution in [2.45, 2.75) is 6.92 Å². The Morgan fingerprint density at radius 2 is 1.74 bits per heavy atom. The third-order valence-corrected chi connectivity index (χ3v) is 3.18. The van der Waals surface area contributed by atoms with Gasteiger partial charge in [0.05, 0.1) is 7.11 Å². The number of hydrogen-bond acceptors (Lipinski definition) is 2. The third kappa shape index (κ3) is 2.60. The molecule has 0 saturated carbocycles. The number of rotatable bonds is 3. The maximum atomic E-state index is 12.5. The summed E-state index contributed by atoms with van der Waals surface area (Å²) in [5.41, 5.74) is 2.39. The average Bonchev–Trinajstić information content (AvgIpc) is 2.47.